The third-order valence-electron chi connectivity index (χ3n) is 4.52. The lowest BCUT2D eigenvalue weighted by Crippen LogP contribution is -3.13. The van der Waals surface area contributed by atoms with Gasteiger partial charge in [0.2, 0.25) is 0 Å². The Kier molecular flexibility index (Phi) is 4.76. The third kappa shape index (κ3) is 3.10. The van der Waals surface area contributed by atoms with Crippen molar-refractivity contribution in [2.45, 2.75) is 20.8 Å². The van der Waals surface area contributed by atoms with Crippen molar-refractivity contribution in [1.29, 1.82) is 0 Å². The number of amides is 1. The van der Waals surface area contributed by atoms with Gasteiger partial charge < -0.3 is 4.90 Å². The van der Waals surface area contributed by atoms with Crippen molar-refractivity contribution in [3.63, 3.8) is 0 Å². The van der Waals surface area contributed by atoms with Gasteiger partial charge in [0.05, 0.1) is 24.5 Å². The Bertz CT molecular complexity index is 778. The summed E-state index contributed by atoms with van der Waals surface area (Å²) in [6, 6.07) is 15.9. The SMILES string of the molecule is CC[NH+](CC)CN1C(=O)C(=Nc2cccc(C)c2)c2ccccc21. The van der Waals surface area contributed by atoms with Crippen LogP contribution in [0.4, 0.5) is 11.4 Å². The first-order chi connectivity index (χ1) is 11.6. The Balaban J connectivity index is 2.01. The smallest absolute Gasteiger partial charge is 0.281 e. The molecule has 0 aromatic heterocycles. The average molecular weight is 322 g/mol. The number of aryl methyl sites for hydroxylation is 1. The van der Waals surface area contributed by atoms with E-state index in [4.69, 9.17) is 0 Å². The van der Waals surface area contributed by atoms with E-state index in [1.165, 1.54) is 4.90 Å². The van der Waals surface area contributed by atoms with Gasteiger partial charge in [-0.1, -0.05) is 30.3 Å². The Morgan fingerprint density at radius 3 is 2.50 bits per heavy atom. The van der Waals surface area contributed by atoms with Crippen molar-refractivity contribution in [2.75, 3.05) is 24.7 Å². The number of hydrogen-bond acceptors (Lipinski definition) is 2. The molecular weight excluding hydrogens is 298 g/mol. The molecule has 0 saturated heterocycles. The Morgan fingerprint density at radius 1 is 1.04 bits per heavy atom. The molecule has 1 aliphatic rings. The number of rotatable bonds is 5. The highest BCUT2D eigenvalue weighted by Gasteiger charge is 2.35. The lowest BCUT2D eigenvalue weighted by Gasteiger charge is -2.23. The van der Waals surface area contributed by atoms with Gasteiger partial charge in [-0.25, -0.2) is 4.99 Å². The molecule has 0 atom stereocenters. The molecule has 0 unspecified atom stereocenters. The topological polar surface area (TPSA) is 37.1 Å². The quantitative estimate of drug-likeness (QED) is 0.901. The molecule has 3 rings (SSSR count). The minimum absolute atomic E-state index is 0.00268. The molecule has 4 heteroatoms. The average Bonchev–Trinajstić information content (AvgIpc) is 2.85. The Morgan fingerprint density at radius 2 is 1.79 bits per heavy atom. The summed E-state index contributed by atoms with van der Waals surface area (Å²) >= 11 is 0. The lowest BCUT2D eigenvalue weighted by atomic mass is 10.1. The first kappa shape index (κ1) is 16.4. The number of aliphatic imine (C=N–C) groups is 1. The van der Waals surface area contributed by atoms with Crippen molar-refractivity contribution in [1.82, 2.24) is 0 Å². The van der Waals surface area contributed by atoms with Gasteiger partial charge in [0.25, 0.3) is 5.91 Å². The first-order valence-corrected chi connectivity index (χ1v) is 8.54. The van der Waals surface area contributed by atoms with Gasteiger partial charge >= 0.3 is 0 Å². The van der Waals surface area contributed by atoms with Gasteiger partial charge in [-0.05, 0) is 44.5 Å². The predicted octanol–water partition coefficient (Wildman–Crippen LogP) is 2.34. The normalized spacial score (nSPS) is 15.4. The van der Waals surface area contributed by atoms with Crippen LogP contribution in [-0.4, -0.2) is 31.4 Å². The van der Waals surface area contributed by atoms with E-state index in [0.717, 1.165) is 35.6 Å². The number of carbonyl (C=O) groups is 1. The Labute approximate surface area is 143 Å². The number of benzene rings is 2. The standard InChI is InChI=1S/C20H23N3O/c1-4-22(5-2)14-23-18-12-7-6-11-17(18)19(20(23)24)21-16-10-8-9-15(3)13-16/h6-13H,4-5,14H2,1-3H3/p+1. The molecule has 4 nitrogen and oxygen atoms in total. The fourth-order valence-corrected chi connectivity index (χ4v) is 3.05. The zero-order valence-electron chi connectivity index (χ0n) is 14.5. The maximum Gasteiger partial charge on any atom is 0.281 e. The van der Waals surface area contributed by atoms with Crippen molar-refractivity contribution in [2.24, 2.45) is 4.99 Å². The summed E-state index contributed by atoms with van der Waals surface area (Å²) < 4.78 is 0. The molecule has 24 heavy (non-hydrogen) atoms. The van der Waals surface area contributed by atoms with Crippen LogP contribution in [0.15, 0.2) is 53.5 Å². The van der Waals surface area contributed by atoms with E-state index in [1.807, 2.05) is 60.4 Å². The van der Waals surface area contributed by atoms with Gasteiger partial charge in [0.15, 0.2) is 6.67 Å². The lowest BCUT2D eigenvalue weighted by molar-refractivity contribution is -0.895. The maximum absolute atomic E-state index is 13.0. The van der Waals surface area contributed by atoms with E-state index in [2.05, 4.69) is 18.8 Å². The minimum atomic E-state index is -0.00268. The number of anilines is 1. The number of nitrogens with zero attached hydrogens (tertiary/aromatic N) is 2. The molecular formula is C20H24N3O+. The number of nitrogens with one attached hydrogen (secondary N) is 1. The van der Waals surface area contributed by atoms with Crippen molar-refractivity contribution in [3.05, 3.63) is 59.7 Å². The number of fused-ring (bicyclic) bond motifs is 1. The number of quaternary nitrogens is 1. The van der Waals surface area contributed by atoms with E-state index >= 15 is 0 Å². The predicted molar refractivity (Wildman–Crippen MR) is 98.2 cm³/mol. The second kappa shape index (κ2) is 6.97. The van der Waals surface area contributed by atoms with Crippen LogP contribution >= 0.6 is 0 Å². The van der Waals surface area contributed by atoms with E-state index in [9.17, 15) is 4.79 Å². The van der Waals surface area contributed by atoms with Gasteiger partial charge in [-0.3, -0.25) is 9.69 Å². The molecule has 1 aliphatic heterocycles. The summed E-state index contributed by atoms with van der Waals surface area (Å²) in [7, 11) is 0. The van der Waals surface area contributed by atoms with Crippen LogP contribution in [0.5, 0.6) is 0 Å². The molecule has 2 aromatic rings. The third-order valence-corrected chi connectivity index (χ3v) is 4.52. The second-order valence-electron chi connectivity index (χ2n) is 6.16. The van der Waals surface area contributed by atoms with Crippen molar-refractivity contribution in [3.8, 4) is 0 Å². The van der Waals surface area contributed by atoms with Crippen LogP contribution in [0.1, 0.15) is 25.0 Å². The monoisotopic (exact) mass is 322 g/mol. The van der Waals surface area contributed by atoms with E-state index < -0.39 is 0 Å². The number of hydrogen-bond donors (Lipinski definition) is 1. The van der Waals surface area contributed by atoms with Gasteiger partial charge in [0.1, 0.15) is 5.71 Å². The van der Waals surface area contributed by atoms with E-state index in [0.29, 0.717) is 12.4 Å². The van der Waals surface area contributed by atoms with Crippen LogP contribution in [0.25, 0.3) is 0 Å². The molecule has 0 spiro atoms. The van der Waals surface area contributed by atoms with Gasteiger partial charge in [0, 0.05) is 5.56 Å². The molecule has 124 valence electrons. The molecule has 0 bridgehead atoms. The molecule has 2 aromatic carbocycles. The Hall–Kier alpha value is -2.46. The summed E-state index contributed by atoms with van der Waals surface area (Å²) in [6.45, 7) is 8.99. The summed E-state index contributed by atoms with van der Waals surface area (Å²) in [6.07, 6.45) is 0. The first-order valence-electron chi connectivity index (χ1n) is 8.54. The van der Waals surface area contributed by atoms with Gasteiger partial charge in [-0.15, -0.1) is 0 Å². The highest BCUT2D eigenvalue weighted by Crippen LogP contribution is 2.30. The van der Waals surface area contributed by atoms with Crippen molar-refractivity contribution >= 4 is 23.0 Å². The fourth-order valence-electron chi connectivity index (χ4n) is 3.05. The summed E-state index contributed by atoms with van der Waals surface area (Å²) in [5.74, 6) is -0.00268. The fraction of sp³-hybridized carbons (Fsp3) is 0.300. The highest BCUT2D eigenvalue weighted by molar-refractivity contribution is 6.54. The van der Waals surface area contributed by atoms with Crippen LogP contribution in [0, 0.1) is 6.92 Å². The zero-order valence-corrected chi connectivity index (χ0v) is 14.5. The largest absolute Gasteiger partial charge is 0.318 e. The molecule has 0 fully saturated rings. The van der Waals surface area contributed by atoms with Gasteiger partial charge in [-0.2, -0.15) is 0 Å². The highest BCUT2D eigenvalue weighted by atomic mass is 16.2. The molecule has 1 amide bonds. The van der Waals surface area contributed by atoms with Crippen LogP contribution in [-0.2, 0) is 4.79 Å². The summed E-state index contributed by atoms with van der Waals surface area (Å²) in [5, 5.41) is 0. The van der Waals surface area contributed by atoms with E-state index in [1.54, 1.807) is 0 Å². The second-order valence-corrected chi connectivity index (χ2v) is 6.16. The molecule has 0 saturated carbocycles. The van der Waals surface area contributed by atoms with Crippen LogP contribution in [0.3, 0.4) is 0 Å². The molecule has 1 heterocycles. The minimum Gasteiger partial charge on any atom is -0.318 e. The van der Waals surface area contributed by atoms with Crippen molar-refractivity contribution < 1.29 is 9.69 Å². The molecule has 0 aliphatic carbocycles. The zero-order chi connectivity index (χ0) is 17.1. The van der Waals surface area contributed by atoms with E-state index in [-0.39, 0.29) is 5.91 Å². The molecule has 1 N–H and O–H groups in total. The number of carbonyl (C=O) groups excluding carboxylic acids is 1. The van der Waals surface area contributed by atoms with Crippen LogP contribution < -0.4 is 9.80 Å². The summed E-state index contributed by atoms with van der Waals surface area (Å²) in [4.78, 5) is 20.9. The van der Waals surface area contributed by atoms with Crippen LogP contribution in [0.2, 0.25) is 0 Å². The maximum atomic E-state index is 13.0. The summed E-state index contributed by atoms with van der Waals surface area (Å²) in [5.41, 5.74) is 4.40. The molecule has 0 radical (unpaired) electrons. The number of para-hydroxylation sites is 1.